The van der Waals surface area contributed by atoms with Crippen molar-refractivity contribution in [3.63, 3.8) is 0 Å². The lowest BCUT2D eigenvalue weighted by molar-refractivity contribution is 0.363. The van der Waals surface area contributed by atoms with Crippen LogP contribution in [0, 0.1) is 0 Å². The van der Waals surface area contributed by atoms with Crippen molar-refractivity contribution in [3.05, 3.63) is 23.7 Å². The van der Waals surface area contributed by atoms with Gasteiger partial charge in [0.25, 0.3) is 0 Å². The molecule has 1 aromatic rings. The maximum Gasteiger partial charge on any atom is 0.108 e. The first kappa shape index (κ1) is 10.7. The van der Waals surface area contributed by atoms with Crippen molar-refractivity contribution < 1.29 is 4.42 Å². The van der Waals surface area contributed by atoms with Crippen molar-refractivity contribution in [2.24, 2.45) is 0 Å². The molecule has 1 aromatic heterocycles. The maximum absolute atomic E-state index is 5.94. The van der Waals surface area contributed by atoms with Gasteiger partial charge in [-0.3, -0.25) is 0 Å². The van der Waals surface area contributed by atoms with E-state index in [1.54, 1.807) is 0 Å². The lowest BCUT2D eigenvalue weighted by Crippen LogP contribution is -2.28. The minimum absolute atomic E-state index is 0.551. The van der Waals surface area contributed by atoms with Gasteiger partial charge in [-0.15, -0.1) is 0 Å². The van der Waals surface area contributed by atoms with Crippen molar-refractivity contribution in [1.29, 1.82) is 0 Å². The highest BCUT2D eigenvalue weighted by Gasteiger charge is 2.19. The number of hydrogen-bond acceptors (Lipinski definition) is 2. The van der Waals surface area contributed by atoms with Crippen LogP contribution in [0.25, 0.3) is 0 Å². The summed E-state index contributed by atoms with van der Waals surface area (Å²) < 4.78 is 5.94. The van der Waals surface area contributed by atoms with E-state index in [4.69, 9.17) is 4.42 Å². The van der Waals surface area contributed by atoms with Crippen LogP contribution in [0.15, 0.2) is 16.5 Å². The van der Waals surface area contributed by atoms with E-state index in [0.29, 0.717) is 11.8 Å². The first-order valence-electron chi connectivity index (χ1n) is 6.11. The van der Waals surface area contributed by atoms with E-state index in [2.05, 4.69) is 31.3 Å². The van der Waals surface area contributed by atoms with Crippen LogP contribution >= 0.6 is 0 Å². The molecule has 2 nitrogen and oxygen atoms in total. The molecule has 0 amide bonds. The second-order valence-electron chi connectivity index (χ2n) is 4.59. The molecule has 2 heterocycles. The van der Waals surface area contributed by atoms with Crippen molar-refractivity contribution in [3.8, 4) is 0 Å². The van der Waals surface area contributed by atoms with Gasteiger partial charge >= 0.3 is 0 Å². The van der Waals surface area contributed by atoms with Crippen molar-refractivity contribution in [2.45, 2.75) is 44.9 Å². The van der Waals surface area contributed by atoms with E-state index in [1.165, 1.54) is 18.6 Å². The fourth-order valence-corrected chi connectivity index (χ4v) is 2.15. The van der Waals surface area contributed by atoms with Crippen LogP contribution in [0.3, 0.4) is 0 Å². The molecule has 0 radical (unpaired) electrons. The number of hydrogen-bond donors (Lipinski definition) is 1. The molecule has 15 heavy (non-hydrogen) atoms. The molecule has 2 heteroatoms. The molecule has 0 aliphatic carbocycles. The summed E-state index contributed by atoms with van der Waals surface area (Å²) in [6.07, 6.45) is 3.68. The molecular formula is C13H21NO. The van der Waals surface area contributed by atoms with E-state index in [-0.39, 0.29) is 0 Å². The molecule has 1 aliphatic rings. The Kier molecular flexibility index (Phi) is 3.47. The number of nitrogens with one attached hydrogen (secondary N) is 1. The minimum Gasteiger partial charge on any atom is -0.465 e. The van der Waals surface area contributed by atoms with Gasteiger partial charge < -0.3 is 9.73 Å². The number of piperidine rings is 1. The highest BCUT2D eigenvalue weighted by atomic mass is 16.3. The zero-order valence-corrected chi connectivity index (χ0v) is 9.75. The Balaban J connectivity index is 2.05. The second kappa shape index (κ2) is 4.84. The van der Waals surface area contributed by atoms with Gasteiger partial charge in [-0.05, 0) is 37.9 Å². The van der Waals surface area contributed by atoms with E-state index in [9.17, 15) is 0 Å². The van der Waals surface area contributed by atoms with E-state index < -0.39 is 0 Å². The highest BCUT2D eigenvalue weighted by Crippen LogP contribution is 2.28. The molecule has 0 spiro atoms. The summed E-state index contributed by atoms with van der Waals surface area (Å²) in [5.41, 5.74) is 0. The van der Waals surface area contributed by atoms with Crippen molar-refractivity contribution in [1.82, 2.24) is 5.32 Å². The van der Waals surface area contributed by atoms with Gasteiger partial charge in [0.2, 0.25) is 0 Å². The van der Waals surface area contributed by atoms with Crippen molar-refractivity contribution in [2.75, 3.05) is 13.1 Å². The van der Waals surface area contributed by atoms with Crippen LogP contribution in [-0.2, 0) is 0 Å². The fraction of sp³-hybridized carbons (Fsp3) is 0.692. The van der Waals surface area contributed by atoms with Crippen LogP contribution in [0.1, 0.15) is 56.5 Å². The third-order valence-electron chi connectivity index (χ3n) is 3.44. The summed E-state index contributed by atoms with van der Waals surface area (Å²) in [6.45, 7) is 6.67. The molecule has 2 rings (SSSR count). The Morgan fingerprint density at radius 2 is 2.40 bits per heavy atom. The summed E-state index contributed by atoms with van der Waals surface area (Å²) >= 11 is 0. The SMILES string of the molecule is CCC(C)c1ccc(C2CCCNC2)o1. The lowest BCUT2D eigenvalue weighted by atomic mass is 9.97. The average molecular weight is 207 g/mol. The first-order valence-corrected chi connectivity index (χ1v) is 6.11. The molecule has 1 fully saturated rings. The largest absolute Gasteiger partial charge is 0.465 e. The first-order chi connectivity index (χ1) is 7.31. The predicted molar refractivity (Wildman–Crippen MR) is 62.3 cm³/mol. The summed E-state index contributed by atoms with van der Waals surface area (Å²) in [6, 6.07) is 4.32. The van der Waals surface area contributed by atoms with Gasteiger partial charge in [0.15, 0.2) is 0 Å². The molecule has 1 aliphatic heterocycles. The van der Waals surface area contributed by atoms with E-state index in [0.717, 1.165) is 25.3 Å². The lowest BCUT2D eigenvalue weighted by Gasteiger charge is -2.20. The van der Waals surface area contributed by atoms with E-state index >= 15 is 0 Å². The van der Waals surface area contributed by atoms with Gasteiger partial charge in [-0.25, -0.2) is 0 Å². The quantitative estimate of drug-likeness (QED) is 0.823. The Bertz CT molecular complexity index is 299. The third-order valence-corrected chi connectivity index (χ3v) is 3.44. The van der Waals surface area contributed by atoms with Gasteiger partial charge in [-0.2, -0.15) is 0 Å². The van der Waals surface area contributed by atoms with Crippen LogP contribution in [0.4, 0.5) is 0 Å². The molecule has 84 valence electrons. The molecular weight excluding hydrogens is 186 g/mol. The van der Waals surface area contributed by atoms with Gasteiger partial charge in [0.05, 0.1) is 0 Å². The zero-order valence-electron chi connectivity index (χ0n) is 9.75. The van der Waals surface area contributed by atoms with Crippen LogP contribution in [-0.4, -0.2) is 13.1 Å². The maximum atomic E-state index is 5.94. The summed E-state index contributed by atoms with van der Waals surface area (Å²) in [7, 11) is 0. The second-order valence-corrected chi connectivity index (χ2v) is 4.59. The van der Waals surface area contributed by atoms with Crippen molar-refractivity contribution >= 4 is 0 Å². The molecule has 2 unspecified atom stereocenters. The Hall–Kier alpha value is -0.760. The Morgan fingerprint density at radius 3 is 3.07 bits per heavy atom. The van der Waals surface area contributed by atoms with Crippen LogP contribution in [0.2, 0.25) is 0 Å². The van der Waals surface area contributed by atoms with Crippen LogP contribution in [0.5, 0.6) is 0 Å². The third kappa shape index (κ3) is 2.43. The standard InChI is InChI=1S/C13H21NO/c1-3-10(2)12-6-7-13(15-12)11-5-4-8-14-9-11/h6-7,10-11,14H,3-5,8-9H2,1-2H3. The molecule has 2 atom stereocenters. The summed E-state index contributed by atoms with van der Waals surface area (Å²) in [4.78, 5) is 0. The zero-order chi connectivity index (χ0) is 10.7. The molecule has 0 bridgehead atoms. The van der Waals surface area contributed by atoms with E-state index in [1.807, 2.05) is 0 Å². The fourth-order valence-electron chi connectivity index (χ4n) is 2.15. The Labute approximate surface area is 92.1 Å². The van der Waals surface area contributed by atoms with Gasteiger partial charge in [0, 0.05) is 18.4 Å². The summed E-state index contributed by atoms with van der Waals surface area (Å²) in [5.74, 6) is 3.47. The Morgan fingerprint density at radius 1 is 1.53 bits per heavy atom. The topological polar surface area (TPSA) is 25.2 Å². The molecule has 0 aromatic carbocycles. The normalized spacial score (nSPS) is 24.0. The smallest absolute Gasteiger partial charge is 0.108 e. The van der Waals surface area contributed by atoms with Gasteiger partial charge in [-0.1, -0.05) is 13.8 Å². The van der Waals surface area contributed by atoms with Gasteiger partial charge in [0.1, 0.15) is 11.5 Å². The highest BCUT2D eigenvalue weighted by molar-refractivity contribution is 5.14. The molecule has 0 saturated carbocycles. The monoisotopic (exact) mass is 207 g/mol. The number of furan rings is 1. The number of rotatable bonds is 3. The minimum atomic E-state index is 0.551. The summed E-state index contributed by atoms with van der Waals surface area (Å²) in [5, 5.41) is 3.43. The predicted octanol–water partition coefficient (Wildman–Crippen LogP) is 3.26. The molecule has 1 N–H and O–H groups in total. The van der Waals surface area contributed by atoms with Crippen LogP contribution < -0.4 is 5.32 Å². The molecule has 1 saturated heterocycles. The average Bonchev–Trinajstić information content (AvgIpc) is 2.78.